The molecule has 72 valence electrons. The van der Waals surface area contributed by atoms with Crippen LogP contribution in [0.1, 0.15) is 40.5 Å². The predicted octanol–water partition coefficient (Wildman–Crippen LogP) is 2.42. The highest BCUT2D eigenvalue weighted by molar-refractivity contribution is 5.80. The van der Waals surface area contributed by atoms with E-state index in [1.165, 1.54) is 0 Å². The van der Waals surface area contributed by atoms with Crippen molar-refractivity contribution in [2.24, 2.45) is 5.92 Å². The Morgan fingerprint density at radius 3 is 2.25 bits per heavy atom. The first-order chi connectivity index (χ1) is 5.39. The van der Waals surface area contributed by atoms with Crippen LogP contribution in [0, 0.1) is 5.92 Å². The summed E-state index contributed by atoms with van der Waals surface area (Å²) in [6.45, 7) is 7.87. The van der Waals surface area contributed by atoms with E-state index in [2.05, 4.69) is 0 Å². The van der Waals surface area contributed by atoms with Crippen molar-refractivity contribution in [2.45, 2.75) is 46.1 Å². The minimum Gasteiger partial charge on any atom is -0.379 e. The van der Waals surface area contributed by atoms with Gasteiger partial charge in [-0.15, -0.1) is 0 Å². The Bertz CT molecular complexity index is 148. The Morgan fingerprint density at radius 1 is 1.42 bits per heavy atom. The quantitative estimate of drug-likeness (QED) is 0.636. The molecule has 2 nitrogen and oxygen atoms in total. The first-order valence-electron chi connectivity index (χ1n) is 4.47. The van der Waals surface area contributed by atoms with E-state index in [1.54, 1.807) is 7.11 Å². The number of ether oxygens (including phenoxy) is 1. The second kappa shape index (κ2) is 4.61. The largest absolute Gasteiger partial charge is 0.379 e. The average molecular weight is 172 g/mol. The zero-order valence-corrected chi connectivity index (χ0v) is 8.81. The highest BCUT2D eigenvalue weighted by Gasteiger charge is 2.18. The monoisotopic (exact) mass is 172 g/mol. The maximum absolute atomic E-state index is 11.2. The lowest BCUT2D eigenvalue weighted by Gasteiger charge is -2.22. The van der Waals surface area contributed by atoms with E-state index in [1.807, 2.05) is 27.7 Å². The molecule has 0 N–H and O–H groups in total. The summed E-state index contributed by atoms with van der Waals surface area (Å²) in [5.41, 5.74) is -0.162. The molecule has 0 unspecified atom stereocenters. The normalized spacial score (nSPS) is 12.2. The highest BCUT2D eigenvalue weighted by Crippen LogP contribution is 2.16. The van der Waals surface area contributed by atoms with Gasteiger partial charge in [-0.25, -0.2) is 0 Å². The van der Waals surface area contributed by atoms with Crippen LogP contribution in [0.15, 0.2) is 0 Å². The van der Waals surface area contributed by atoms with Gasteiger partial charge in [-0.2, -0.15) is 0 Å². The Morgan fingerprint density at radius 2 is 1.92 bits per heavy atom. The molecule has 0 aromatic rings. The standard InChI is InChI=1S/C10H20O2/c1-8(2)9(11)6-7-10(3,4)12-5/h8H,6-7H2,1-5H3. The lowest BCUT2D eigenvalue weighted by molar-refractivity contribution is -0.123. The zero-order valence-electron chi connectivity index (χ0n) is 8.81. The van der Waals surface area contributed by atoms with Gasteiger partial charge in [0, 0.05) is 19.4 Å². The van der Waals surface area contributed by atoms with Crippen molar-refractivity contribution in [1.82, 2.24) is 0 Å². The fourth-order valence-corrected chi connectivity index (χ4v) is 0.815. The molecule has 0 fully saturated rings. The predicted molar refractivity (Wildman–Crippen MR) is 50.2 cm³/mol. The molecule has 0 aromatic carbocycles. The topological polar surface area (TPSA) is 26.3 Å². The SMILES string of the molecule is COC(C)(C)CCC(=O)C(C)C. The summed E-state index contributed by atoms with van der Waals surface area (Å²) >= 11 is 0. The van der Waals surface area contributed by atoms with E-state index in [0.717, 1.165) is 6.42 Å². The van der Waals surface area contributed by atoms with Crippen LogP contribution in [0.4, 0.5) is 0 Å². The van der Waals surface area contributed by atoms with Gasteiger partial charge in [-0.1, -0.05) is 13.8 Å². The maximum atomic E-state index is 11.2. The third kappa shape index (κ3) is 4.50. The third-order valence-corrected chi connectivity index (χ3v) is 2.17. The molecule has 0 aliphatic heterocycles. The van der Waals surface area contributed by atoms with Crippen LogP contribution in [-0.4, -0.2) is 18.5 Å². The highest BCUT2D eigenvalue weighted by atomic mass is 16.5. The minimum absolute atomic E-state index is 0.151. The Kier molecular flexibility index (Phi) is 4.46. The van der Waals surface area contributed by atoms with Crippen molar-refractivity contribution in [3.8, 4) is 0 Å². The number of carbonyl (C=O) groups is 1. The number of methoxy groups -OCH3 is 1. The lowest BCUT2D eigenvalue weighted by Crippen LogP contribution is -2.24. The van der Waals surface area contributed by atoms with Gasteiger partial charge in [0.05, 0.1) is 5.60 Å². The van der Waals surface area contributed by atoms with Gasteiger partial charge in [0.2, 0.25) is 0 Å². The smallest absolute Gasteiger partial charge is 0.135 e. The molecule has 0 bridgehead atoms. The summed E-state index contributed by atoms with van der Waals surface area (Å²) in [4.78, 5) is 11.2. The molecule has 2 heteroatoms. The second-order valence-electron chi connectivity index (χ2n) is 4.08. The molecule has 0 saturated heterocycles. The summed E-state index contributed by atoms with van der Waals surface area (Å²) in [5.74, 6) is 0.470. The second-order valence-corrected chi connectivity index (χ2v) is 4.08. The molecule has 12 heavy (non-hydrogen) atoms. The van der Waals surface area contributed by atoms with Gasteiger partial charge >= 0.3 is 0 Å². The summed E-state index contributed by atoms with van der Waals surface area (Å²) in [7, 11) is 1.68. The molecule has 0 spiro atoms. The number of rotatable bonds is 5. The van der Waals surface area contributed by atoms with Gasteiger partial charge in [-0.3, -0.25) is 4.79 Å². The van der Waals surface area contributed by atoms with Gasteiger partial charge in [0.1, 0.15) is 5.78 Å². The minimum atomic E-state index is -0.162. The third-order valence-electron chi connectivity index (χ3n) is 2.17. The molecule has 0 amide bonds. The van der Waals surface area contributed by atoms with Crippen molar-refractivity contribution in [3.63, 3.8) is 0 Å². The number of carbonyl (C=O) groups excluding carboxylic acids is 1. The Hall–Kier alpha value is -0.370. The molecule has 0 aromatic heterocycles. The van der Waals surface area contributed by atoms with E-state index >= 15 is 0 Å². The van der Waals surface area contributed by atoms with Gasteiger partial charge < -0.3 is 4.74 Å². The molecule has 0 aliphatic rings. The van der Waals surface area contributed by atoms with Crippen LogP contribution in [-0.2, 0) is 9.53 Å². The van der Waals surface area contributed by atoms with Crippen molar-refractivity contribution in [1.29, 1.82) is 0 Å². The fourth-order valence-electron chi connectivity index (χ4n) is 0.815. The molecule has 0 atom stereocenters. The molecular weight excluding hydrogens is 152 g/mol. The number of hydrogen-bond acceptors (Lipinski definition) is 2. The Balaban J connectivity index is 3.76. The summed E-state index contributed by atoms with van der Waals surface area (Å²) in [6, 6.07) is 0. The van der Waals surface area contributed by atoms with E-state index in [0.29, 0.717) is 12.2 Å². The molecule has 0 radical (unpaired) electrons. The van der Waals surface area contributed by atoms with Crippen LogP contribution in [0.25, 0.3) is 0 Å². The lowest BCUT2D eigenvalue weighted by atomic mass is 9.96. The fraction of sp³-hybridized carbons (Fsp3) is 0.900. The van der Waals surface area contributed by atoms with Crippen LogP contribution in [0.5, 0.6) is 0 Å². The number of Topliss-reactive ketones (excluding diaryl/α,β-unsaturated/α-hetero) is 1. The average Bonchev–Trinajstić information content (AvgIpc) is 2.00. The van der Waals surface area contributed by atoms with Crippen LogP contribution in [0.2, 0.25) is 0 Å². The van der Waals surface area contributed by atoms with Crippen LogP contribution < -0.4 is 0 Å². The van der Waals surface area contributed by atoms with Crippen molar-refractivity contribution >= 4 is 5.78 Å². The van der Waals surface area contributed by atoms with Crippen molar-refractivity contribution < 1.29 is 9.53 Å². The summed E-state index contributed by atoms with van der Waals surface area (Å²) in [6.07, 6.45) is 1.43. The van der Waals surface area contributed by atoms with Gasteiger partial charge in [-0.05, 0) is 20.3 Å². The first-order valence-corrected chi connectivity index (χ1v) is 4.47. The van der Waals surface area contributed by atoms with Crippen molar-refractivity contribution in [3.05, 3.63) is 0 Å². The molecule has 0 saturated carbocycles. The molecule has 0 rings (SSSR count). The number of hydrogen-bond donors (Lipinski definition) is 0. The number of ketones is 1. The van der Waals surface area contributed by atoms with E-state index in [4.69, 9.17) is 4.74 Å². The molecular formula is C10H20O2. The van der Waals surface area contributed by atoms with E-state index in [9.17, 15) is 4.79 Å². The van der Waals surface area contributed by atoms with Gasteiger partial charge in [0.25, 0.3) is 0 Å². The van der Waals surface area contributed by atoms with Crippen LogP contribution >= 0.6 is 0 Å². The Labute approximate surface area is 75.3 Å². The first kappa shape index (κ1) is 11.6. The van der Waals surface area contributed by atoms with Crippen molar-refractivity contribution in [2.75, 3.05) is 7.11 Å². The zero-order chi connectivity index (χ0) is 9.78. The van der Waals surface area contributed by atoms with Crippen LogP contribution in [0.3, 0.4) is 0 Å². The molecule has 0 heterocycles. The molecule has 0 aliphatic carbocycles. The maximum Gasteiger partial charge on any atom is 0.135 e. The van der Waals surface area contributed by atoms with Gasteiger partial charge in [0.15, 0.2) is 0 Å². The summed E-state index contributed by atoms with van der Waals surface area (Å²) < 4.78 is 5.22. The summed E-state index contributed by atoms with van der Waals surface area (Å²) in [5, 5.41) is 0. The van der Waals surface area contributed by atoms with E-state index < -0.39 is 0 Å². The van der Waals surface area contributed by atoms with E-state index in [-0.39, 0.29) is 11.5 Å².